The lowest BCUT2D eigenvalue weighted by molar-refractivity contribution is 0.0502. The Balaban J connectivity index is 2.00. The molecule has 0 aliphatic carbocycles. The second-order valence-electron chi connectivity index (χ2n) is 7.54. The predicted molar refractivity (Wildman–Crippen MR) is 119 cm³/mol. The maximum Gasteiger partial charge on any atom is 0.408 e. The van der Waals surface area contributed by atoms with Gasteiger partial charge in [-0.15, -0.1) is 11.3 Å². The third-order valence-corrected chi connectivity index (χ3v) is 6.51. The molecule has 1 atom stereocenters. The molecule has 160 valence electrons. The predicted octanol–water partition coefficient (Wildman–Crippen LogP) is 6.26. The number of carbonyl (C=O) groups is 1. The van der Waals surface area contributed by atoms with E-state index in [0.717, 1.165) is 15.1 Å². The van der Waals surface area contributed by atoms with Crippen LogP contribution in [0.25, 0.3) is 10.3 Å². The lowest BCUT2D eigenvalue weighted by atomic mass is 10.0. The molecule has 5 nitrogen and oxygen atoms in total. The number of benzene rings is 1. The molecule has 30 heavy (non-hydrogen) atoms. The highest BCUT2D eigenvalue weighted by Crippen LogP contribution is 2.33. The number of hydrogen-bond acceptors (Lipinski definition) is 6. The van der Waals surface area contributed by atoms with Crippen LogP contribution < -0.4 is 5.32 Å². The first-order valence-electron chi connectivity index (χ1n) is 8.99. The van der Waals surface area contributed by atoms with Gasteiger partial charge in [0.25, 0.3) is 0 Å². The second-order valence-corrected chi connectivity index (χ2v) is 10.5. The van der Waals surface area contributed by atoms with Gasteiger partial charge in [0.1, 0.15) is 17.2 Å². The van der Waals surface area contributed by atoms with Gasteiger partial charge in [-0.25, -0.2) is 23.5 Å². The van der Waals surface area contributed by atoms with Gasteiger partial charge in [-0.2, -0.15) is 0 Å². The number of hydrogen-bond donors (Lipinski definition) is 1. The number of nitrogens with one attached hydrogen (secondary N) is 1. The van der Waals surface area contributed by atoms with Crippen molar-refractivity contribution in [2.45, 2.75) is 43.2 Å². The molecule has 10 heteroatoms. The highest BCUT2D eigenvalue weighted by Gasteiger charge is 2.25. The Kier molecular flexibility index (Phi) is 6.98. The molecular formula is C20H20BrF2N3O2S2. The summed E-state index contributed by atoms with van der Waals surface area (Å²) in [6, 6.07) is 4.45. The highest BCUT2D eigenvalue weighted by molar-refractivity contribution is 9.10. The molecule has 0 spiro atoms. The van der Waals surface area contributed by atoms with Gasteiger partial charge < -0.3 is 10.1 Å². The van der Waals surface area contributed by atoms with E-state index in [1.165, 1.54) is 35.2 Å². The van der Waals surface area contributed by atoms with Crippen molar-refractivity contribution >= 4 is 55.5 Å². The summed E-state index contributed by atoms with van der Waals surface area (Å²) in [4.78, 5) is 21.5. The van der Waals surface area contributed by atoms with E-state index in [1.54, 1.807) is 20.8 Å². The Hall–Kier alpha value is -1.78. The number of alkyl carbamates (subject to hydrolysis) is 1. The molecule has 2 heterocycles. The van der Waals surface area contributed by atoms with Gasteiger partial charge in [-0.3, -0.25) is 0 Å². The molecule has 1 amide bonds. The first kappa shape index (κ1) is 22.9. The zero-order valence-corrected chi connectivity index (χ0v) is 20.0. The SMILES string of the molecule is CSc1nc2nc([C@H](Cc3cc(F)cc(F)c3)NC(=O)OC(C)(C)C)c(Br)cc2s1. The van der Waals surface area contributed by atoms with Crippen molar-refractivity contribution in [3.8, 4) is 0 Å². The normalized spacial score (nSPS) is 12.8. The second kappa shape index (κ2) is 9.15. The van der Waals surface area contributed by atoms with E-state index in [4.69, 9.17) is 4.74 Å². The molecule has 0 unspecified atom stereocenters. The minimum Gasteiger partial charge on any atom is -0.444 e. The van der Waals surface area contributed by atoms with Gasteiger partial charge in [0.15, 0.2) is 9.99 Å². The summed E-state index contributed by atoms with van der Waals surface area (Å²) in [7, 11) is 0. The Morgan fingerprint density at radius 1 is 1.23 bits per heavy atom. The summed E-state index contributed by atoms with van der Waals surface area (Å²) in [6.45, 7) is 5.26. The minimum absolute atomic E-state index is 0.116. The van der Waals surface area contributed by atoms with Gasteiger partial charge in [-0.1, -0.05) is 11.8 Å². The lowest BCUT2D eigenvalue weighted by Crippen LogP contribution is -2.36. The van der Waals surface area contributed by atoms with Crippen LogP contribution in [0.4, 0.5) is 13.6 Å². The van der Waals surface area contributed by atoms with Crippen LogP contribution in [0.5, 0.6) is 0 Å². The van der Waals surface area contributed by atoms with Crippen LogP contribution in [0.3, 0.4) is 0 Å². The number of ether oxygens (including phenoxy) is 1. The van der Waals surface area contributed by atoms with Crippen LogP contribution in [0.2, 0.25) is 0 Å². The van der Waals surface area contributed by atoms with Gasteiger partial charge in [0.2, 0.25) is 0 Å². The summed E-state index contributed by atoms with van der Waals surface area (Å²) in [6.07, 6.45) is 1.39. The fourth-order valence-electron chi connectivity index (χ4n) is 2.80. The molecule has 0 saturated carbocycles. The van der Waals surface area contributed by atoms with Crippen molar-refractivity contribution in [1.82, 2.24) is 15.3 Å². The van der Waals surface area contributed by atoms with E-state index in [9.17, 15) is 13.6 Å². The smallest absolute Gasteiger partial charge is 0.408 e. The number of nitrogens with zero attached hydrogens (tertiary/aromatic N) is 2. The van der Waals surface area contributed by atoms with E-state index in [1.807, 2.05) is 12.3 Å². The molecule has 0 fully saturated rings. The number of amides is 1. The van der Waals surface area contributed by atoms with E-state index >= 15 is 0 Å². The number of fused-ring (bicyclic) bond motifs is 1. The first-order chi connectivity index (χ1) is 14.0. The molecule has 0 radical (unpaired) electrons. The number of pyridine rings is 1. The maximum absolute atomic E-state index is 13.7. The summed E-state index contributed by atoms with van der Waals surface area (Å²) in [5.74, 6) is -1.37. The summed E-state index contributed by atoms with van der Waals surface area (Å²) >= 11 is 6.54. The number of aromatic nitrogens is 2. The fraction of sp³-hybridized carbons (Fsp3) is 0.350. The molecule has 1 aromatic carbocycles. The quantitative estimate of drug-likeness (QED) is 0.406. The highest BCUT2D eigenvalue weighted by atomic mass is 79.9. The molecule has 0 aliphatic rings. The van der Waals surface area contributed by atoms with Crippen LogP contribution in [-0.2, 0) is 11.2 Å². The zero-order valence-electron chi connectivity index (χ0n) is 16.8. The maximum atomic E-state index is 13.7. The summed E-state index contributed by atoms with van der Waals surface area (Å²) in [5.41, 5.74) is 0.724. The van der Waals surface area contributed by atoms with Crippen molar-refractivity contribution in [1.29, 1.82) is 0 Å². The lowest BCUT2D eigenvalue weighted by Gasteiger charge is -2.24. The molecule has 0 bridgehead atoms. The van der Waals surface area contributed by atoms with Crippen LogP contribution in [-0.4, -0.2) is 27.9 Å². The van der Waals surface area contributed by atoms with Crippen LogP contribution in [0, 0.1) is 11.6 Å². The molecular weight excluding hydrogens is 496 g/mol. The average Bonchev–Trinajstić information content (AvgIpc) is 2.99. The van der Waals surface area contributed by atoms with Crippen LogP contribution in [0.1, 0.15) is 38.1 Å². The molecule has 1 N–H and O–H groups in total. The molecule has 3 rings (SSSR count). The van der Waals surface area contributed by atoms with E-state index in [2.05, 4.69) is 31.2 Å². The Bertz CT molecular complexity index is 1070. The Labute approximate surface area is 189 Å². The van der Waals surface area contributed by atoms with Crippen molar-refractivity contribution in [2.24, 2.45) is 0 Å². The Morgan fingerprint density at radius 3 is 2.50 bits per heavy atom. The van der Waals surface area contributed by atoms with Crippen molar-refractivity contribution in [2.75, 3.05) is 6.26 Å². The first-order valence-corrected chi connectivity index (χ1v) is 11.8. The van der Waals surface area contributed by atoms with E-state index in [0.29, 0.717) is 21.4 Å². The molecule has 0 aliphatic heterocycles. The molecule has 0 saturated heterocycles. The van der Waals surface area contributed by atoms with Gasteiger partial charge in [0.05, 0.1) is 16.4 Å². The van der Waals surface area contributed by atoms with Gasteiger partial charge in [-0.05, 0) is 73.1 Å². The summed E-state index contributed by atoms with van der Waals surface area (Å²) < 4.78 is 35.2. The molecule has 2 aromatic heterocycles. The molecule has 3 aromatic rings. The number of halogens is 3. The Morgan fingerprint density at radius 2 is 1.90 bits per heavy atom. The van der Waals surface area contributed by atoms with Crippen LogP contribution in [0.15, 0.2) is 33.1 Å². The largest absolute Gasteiger partial charge is 0.444 e. The van der Waals surface area contributed by atoms with Gasteiger partial charge in [0, 0.05) is 10.5 Å². The van der Waals surface area contributed by atoms with Gasteiger partial charge >= 0.3 is 6.09 Å². The minimum atomic E-state index is -0.698. The van der Waals surface area contributed by atoms with E-state index < -0.39 is 29.4 Å². The number of thioether (sulfide) groups is 1. The van der Waals surface area contributed by atoms with Crippen molar-refractivity contribution in [3.05, 3.63) is 51.6 Å². The fourth-order valence-corrected chi connectivity index (χ4v) is 5.00. The number of thiazole rings is 1. The third kappa shape index (κ3) is 5.89. The number of rotatable bonds is 5. The van der Waals surface area contributed by atoms with Crippen LogP contribution >= 0.6 is 39.0 Å². The van der Waals surface area contributed by atoms with Crippen molar-refractivity contribution in [3.63, 3.8) is 0 Å². The monoisotopic (exact) mass is 515 g/mol. The third-order valence-electron chi connectivity index (χ3n) is 3.90. The number of carbonyl (C=O) groups excluding carboxylic acids is 1. The van der Waals surface area contributed by atoms with Crippen molar-refractivity contribution < 1.29 is 18.3 Å². The van der Waals surface area contributed by atoms with E-state index in [-0.39, 0.29) is 6.42 Å². The summed E-state index contributed by atoms with van der Waals surface area (Å²) in [5, 5.41) is 2.78. The topological polar surface area (TPSA) is 64.1 Å². The standard InChI is InChI=1S/C20H20BrF2N3O2S2/c1-20(2,3)28-18(27)24-14(7-10-5-11(22)8-12(23)6-10)16-13(21)9-15-17(25-16)26-19(29-4)30-15/h5-6,8-9,14H,7H2,1-4H3,(H,24,27)/t14-/m0/s1. The average molecular weight is 516 g/mol. The zero-order chi connectivity index (χ0) is 22.1.